The third-order valence-corrected chi connectivity index (χ3v) is 5.61. The summed E-state index contributed by atoms with van der Waals surface area (Å²) in [6.45, 7) is -0.180. The molecule has 10 heteroatoms. The Labute approximate surface area is 210 Å². The second-order valence-corrected chi connectivity index (χ2v) is 7.88. The number of benzene rings is 2. The van der Waals surface area contributed by atoms with Crippen LogP contribution in [-0.4, -0.2) is 36.0 Å². The standard InChI is InChI=1S/C25H17Cl2FN4O3/c1-33-15-9-14(10-16(11-15)35-8-7-29)21-22(24-19(26)12-17(34-2)13-30-24)25(27)32-31-23(21)18-5-3-4-6-20(18)28/h3-6,9-13H,8H2,1-2H3. The molecule has 4 rings (SSSR count). The molecule has 0 bridgehead atoms. The quantitative estimate of drug-likeness (QED) is 0.290. The average Bonchev–Trinajstić information content (AvgIpc) is 2.87. The van der Waals surface area contributed by atoms with Crippen molar-refractivity contribution >= 4 is 23.2 Å². The van der Waals surface area contributed by atoms with Crippen molar-refractivity contribution in [2.24, 2.45) is 0 Å². The van der Waals surface area contributed by atoms with Crippen LogP contribution in [0.1, 0.15) is 0 Å². The Morgan fingerprint density at radius 3 is 2.34 bits per heavy atom. The smallest absolute Gasteiger partial charge is 0.174 e. The Kier molecular flexibility index (Phi) is 7.30. The van der Waals surface area contributed by atoms with Crippen molar-refractivity contribution in [3.8, 4) is 57.0 Å². The van der Waals surface area contributed by atoms with Gasteiger partial charge in [-0.25, -0.2) is 4.39 Å². The number of aromatic nitrogens is 3. The number of hydrogen-bond acceptors (Lipinski definition) is 7. The molecule has 2 aromatic carbocycles. The Morgan fingerprint density at radius 1 is 0.914 bits per heavy atom. The highest BCUT2D eigenvalue weighted by molar-refractivity contribution is 6.36. The van der Waals surface area contributed by atoms with E-state index >= 15 is 0 Å². The van der Waals surface area contributed by atoms with Crippen molar-refractivity contribution < 1.29 is 18.6 Å². The largest absolute Gasteiger partial charge is 0.497 e. The maximum absolute atomic E-state index is 14.9. The van der Waals surface area contributed by atoms with Crippen molar-refractivity contribution in [1.82, 2.24) is 15.2 Å². The second kappa shape index (κ2) is 10.6. The molecule has 0 spiro atoms. The van der Waals surface area contributed by atoms with Gasteiger partial charge in [-0.1, -0.05) is 35.3 Å². The number of methoxy groups -OCH3 is 2. The molecule has 0 atom stereocenters. The second-order valence-electron chi connectivity index (χ2n) is 7.12. The van der Waals surface area contributed by atoms with E-state index < -0.39 is 5.82 Å². The van der Waals surface area contributed by atoms with E-state index in [0.717, 1.165) is 0 Å². The maximum Gasteiger partial charge on any atom is 0.174 e. The van der Waals surface area contributed by atoms with Gasteiger partial charge in [0.1, 0.15) is 34.8 Å². The van der Waals surface area contributed by atoms with Crippen molar-refractivity contribution in [1.29, 1.82) is 5.26 Å². The average molecular weight is 511 g/mol. The van der Waals surface area contributed by atoms with Crippen LogP contribution in [0.25, 0.3) is 33.6 Å². The van der Waals surface area contributed by atoms with Gasteiger partial charge in [-0.05, 0) is 29.8 Å². The number of nitrogens with zero attached hydrogens (tertiary/aromatic N) is 4. The van der Waals surface area contributed by atoms with E-state index in [1.165, 1.54) is 26.5 Å². The molecular weight excluding hydrogens is 494 g/mol. The topological polar surface area (TPSA) is 90.2 Å². The third-order valence-electron chi connectivity index (χ3n) is 5.06. The summed E-state index contributed by atoms with van der Waals surface area (Å²) >= 11 is 13.1. The molecule has 0 fully saturated rings. The highest BCUT2D eigenvalue weighted by Gasteiger charge is 2.25. The molecule has 7 nitrogen and oxygen atoms in total. The van der Waals surface area contributed by atoms with Gasteiger partial charge in [0.2, 0.25) is 0 Å². The molecule has 0 saturated carbocycles. The van der Waals surface area contributed by atoms with Gasteiger partial charge in [-0.3, -0.25) is 4.98 Å². The first-order valence-electron chi connectivity index (χ1n) is 10.2. The highest BCUT2D eigenvalue weighted by atomic mass is 35.5. The number of rotatable bonds is 7. The summed E-state index contributed by atoms with van der Waals surface area (Å²) in [6, 6.07) is 14.7. The van der Waals surface area contributed by atoms with Gasteiger partial charge in [0, 0.05) is 23.3 Å². The molecule has 176 valence electrons. The van der Waals surface area contributed by atoms with Crippen LogP contribution in [0, 0.1) is 17.1 Å². The molecule has 0 unspecified atom stereocenters. The van der Waals surface area contributed by atoms with E-state index in [2.05, 4.69) is 15.2 Å². The first kappa shape index (κ1) is 24.2. The summed E-state index contributed by atoms with van der Waals surface area (Å²) in [5.74, 6) is 0.728. The van der Waals surface area contributed by atoms with Crippen LogP contribution in [-0.2, 0) is 0 Å². The monoisotopic (exact) mass is 510 g/mol. The van der Waals surface area contributed by atoms with E-state index in [0.29, 0.717) is 39.6 Å². The van der Waals surface area contributed by atoms with Gasteiger partial charge in [-0.15, -0.1) is 10.2 Å². The van der Waals surface area contributed by atoms with Gasteiger partial charge < -0.3 is 14.2 Å². The zero-order chi connectivity index (χ0) is 24.9. The molecule has 35 heavy (non-hydrogen) atoms. The van der Waals surface area contributed by atoms with Crippen LogP contribution < -0.4 is 14.2 Å². The van der Waals surface area contributed by atoms with E-state index in [1.807, 2.05) is 6.07 Å². The molecule has 4 aromatic rings. The van der Waals surface area contributed by atoms with Crippen molar-refractivity contribution in [2.75, 3.05) is 20.8 Å². The first-order valence-corrected chi connectivity index (χ1v) is 10.9. The molecule has 0 aliphatic carbocycles. The number of hydrogen-bond donors (Lipinski definition) is 0. The Morgan fingerprint density at radius 2 is 1.66 bits per heavy atom. The minimum atomic E-state index is -0.506. The molecule has 2 aromatic heterocycles. The van der Waals surface area contributed by atoms with Gasteiger partial charge in [0.25, 0.3) is 0 Å². The van der Waals surface area contributed by atoms with E-state index in [9.17, 15) is 4.39 Å². The maximum atomic E-state index is 14.9. The number of pyridine rings is 1. The van der Waals surface area contributed by atoms with Gasteiger partial charge in [0.15, 0.2) is 11.8 Å². The van der Waals surface area contributed by atoms with Gasteiger partial charge in [-0.2, -0.15) is 5.26 Å². The lowest BCUT2D eigenvalue weighted by Crippen LogP contribution is -2.02. The Bertz CT molecular complexity index is 1440. The predicted octanol–water partition coefficient (Wildman–Crippen LogP) is 6.24. The highest BCUT2D eigenvalue weighted by Crippen LogP contribution is 2.45. The fourth-order valence-electron chi connectivity index (χ4n) is 3.50. The summed E-state index contributed by atoms with van der Waals surface area (Å²) in [5, 5.41) is 17.5. The van der Waals surface area contributed by atoms with Crippen LogP contribution in [0.5, 0.6) is 17.2 Å². The number of ether oxygens (including phenoxy) is 3. The zero-order valence-corrected chi connectivity index (χ0v) is 20.1. The lowest BCUT2D eigenvalue weighted by Gasteiger charge is -2.18. The van der Waals surface area contributed by atoms with Gasteiger partial charge >= 0.3 is 0 Å². The molecule has 0 saturated heterocycles. The van der Waals surface area contributed by atoms with Crippen molar-refractivity contribution in [2.45, 2.75) is 0 Å². The molecule has 0 radical (unpaired) electrons. The molecule has 0 aliphatic rings. The molecule has 0 aliphatic heterocycles. The SMILES string of the molecule is COc1cc(OCC#N)cc(-c2c(-c3ccccc3F)nnc(Cl)c2-c2ncc(OC)cc2Cl)c1. The fraction of sp³-hybridized carbons (Fsp3) is 0.120. The van der Waals surface area contributed by atoms with Crippen LogP contribution in [0.4, 0.5) is 4.39 Å². The number of nitriles is 1. The van der Waals surface area contributed by atoms with Crippen molar-refractivity contribution in [3.63, 3.8) is 0 Å². The summed E-state index contributed by atoms with van der Waals surface area (Å²) in [7, 11) is 2.99. The van der Waals surface area contributed by atoms with E-state index in [4.69, 9.17) is 42.7 Å². The summed E-state index contributed by atoms with van der Waals surface area (Å²) in [5.41, 5.74) is 1.93. The van der Waals surface area contributed by atoms with Crippen molar-refractivity contribution in [3.05, 3.63) is 70.7 Å². The fourth-order valence-corrected chi connectivity index (χ4v) is 3.98. The first-order chi connectivity index (χ1) is 17.0. The normalized spacial score (nSPS) is 10.5. The molecule has 0 N–H and O–H groups in total. The number of halogens is 3. The lowest BCUT2D eigenvalue weighted by atomic mass is 9.93. The third kappa shape index (κ3) is 4.97. The van der Waals surface area contributed by atoms with E-state index in [-0.39, 0.29) is 28.0 Å². The Balaban J connectivity index is 2.09. The predicted molar refractivity (Wildman–Crippen MR) is 130 cm³/mol. The van der Waals surface area contributed by atoms with E-state index in [1.54, 1.807) is 42.5 Å². The zero-order valence-electron chi connectivity index (χ0n) is 18.6. The summed E-state index contributed by atoms with van der Waals surface area (Å²) in [6.07, 6.45) is 1.48. The minimum Gasteiger partial charge on any atom is -0.497 e. The van der Waals surface area contributed by atoms with Crippen LogP contribution in [0.3, 0.4) is 0 Å². The molecule has 2 heterocycles. The Hall–Kier alpha value is -3.93. The minimum absolute atomic E-state index is 0.00182. The summed E-state index contributed by atoms with van der Waals surface area (Å²) in [4.78, 5) is 4.43. The molecular formula is C25H17Cl2FN4O3. The lowest BCUT2D eigenvalue weighted by molar-refractivity contribution is 0.361. The van der Waals surface area contributed by atoms with Crippen LogP contribution in [0.2, 0.25) is 10.2 Å². The van der Waals surface area contributed by atoms with Crippen LogP contribution >= 0.6 is 23.2 Å². The molecule has 0 amide bonds. The van der Waals surface area contributed by atoms with Gasteiger partial charge in [0.05, 0.1) is 36.7 Å². The summed E-state index contributed by atoms with van der Waals surface area (Å²) < 4.78 is 31.1. The van der Waals surface area contributed by atoms with Crippen LogP contribution in [0.15, 0.2) is 54.7 Å².